The van der Waals surface area contributed by atoms with Crippen LogP contribution in [0.25, 0.3) is 0 Å². The van der Waals surface area contributed by atoms with E-state index >= 15 is 0 Å². The van der Waals surface area contributed by atoms with Gasteiger partial charge in [0, 0.05) is 10.6 Å². The second-order valence-electron chi connectivity index (χ2n) is 4.47. The third-order valence-electron chi connectivity index (χ3n) is 2.99. The number of carbonyl (C=O) groups is 1. The van der Waals surface area contributed by atoms with Gasteiger partial charge in [0.15, 0.2) is 12.4 Å². The quantitative estimate of drug-likeness (QED) is 0.781. The number of halogens is 1. The Morgan fingerprint density at radius 2 is 1.89 bits per heavy atom. The van der Waals surface area contributed by atoms with Crippen molar-refractivity contribution in [3.63, 3.8) is 0 Å². The lowest BCUT2D eigenvalue weighted by Crippen LogP contribution is -2.11. The van der Waals surface area contributed by atoms with E-state index in [2.05, 4.69) is 0 Å². The number of rotatable bonds is 4. The van der Waals surface area contributed by atoms with E-state index in [4.69, 9.17) is 16.3 Å². The average Bonchev–Trinajstić information content (AvgIpc) is 2.40. The van der Waals surface area contributed by atoms with Crippen LogP contribution in [-0.4, -0.2) is 12.4 Å². The van der Waals surface area contributed by atoms with E-state index in [1.54, 1.807) is 24.3 Å². The molecule has 2 rings (SSSR count). The number of ketones is 1. The molecule has 0 spiro atoms. The first-order valence-corrected chi connectivity index (χ1v) is 6.43. The molecule has 0 atom stereocenters. The molecule has 2 nitrogen and oxygen atoms in total. The van der Waals surface area contributed by atoms with Crippen LogP contribution in [0.15, 0.2) is 42.5 Å². The summed E-state index contributed by atoms with van der Waals surface area (Å²) in [7, 11) is 0. The minimum Gasteiger partial charge on any atom is -0.485 e. The number of hydrogen-bond donors (Lipinski definition) is 0. The molecule has 0 amide bonds. The first-order valence-electron chi connectivity index (χ1n) is 6.05. The van der Waals surface area contributed by atoms with Gasteiger partial charge in [0.2, 0.25) is 0 Å². The summed E-state index contributed by atoms with van der Waals surface area (Å²) in [5, 5.41) is 0.553. The van der Waals surface area contributed by atoms with Crippen molar-refractivity contribution in [1.29, 1.82) is 0 Å². The van der Waals surface area contributed by atoms with Gasteiger partial charge in [-0.05, 0) is 49.2 Å². The summed E-state index contributed by atoms with van der Waals surface area (Å²) in [6.07, 6.45) is 0. The number of hydrogen-bond acceptors (Lipinski definition) is 2. The van der Waals surface area contributed by atoms with Gasteiger partial charge in [-0.3, -0.25) is 4.79 Å². The summed E-state index contributed by atoms with van der Waals surface area (Å²) in [6.45, 7) is 4.07. The fraction of sp³-hybridized carbons (Fsp3) is 0.188. The van der Waals surface area contributed by atoms with Gasteiger partial charge in [-0.15, -0.1) is 0 Å². The zero-order valence-corrected chi connectivity index (χ0v) is 11.7. The maximum atomic E-state index is 11.9. The van der Waals surface area contributed by atoms with E-state index in [9.17, 15) is 4.79 Å². The normalized spacial score (nSPS) is 10.3. The van der Waals surface area contributed by atoms with Gasteiger partial charge in [-0.2, -0.15) is 0 Å². The second-order valence-corrected chi connectivity index (χ2v) is 4.90. The Hall–Kier alpha value is -1.80. The second kappa shape index (κ2) is 5.89. The lowest BCUT2D eigenvalue weighted by atomic mass is 10.1. The molecule has 2 aromatic carbocycles. The highest BCUT2D eigenvalue weighted by molar-refractivity contribution is 6.31. The average molecular weight is 275 g/mol. The van der Waals surface area contributed by atoms with Crippen LogP contribution in [0.4, 0.5) is 0 Å². The zero-order chi connectivity index (χ0) is 13.8. The van der Waals surface area contributed by atoms with Crippen LogP contribution in [0.3, 0.4) is 0 Å². The lowest BCUT2D eigenvalue weighted by molar-refractivity contribution is 0.0921. The van der Waals surface area contributed by atoms with Crippen molar-refractivity contribution in [2.24, 2.45) is 0 Å². The van der Waals surface area contributed by atoms with E-state index in [-0.39, 0.29) is 12.4 Å². The molecule has 0 saturated heterocycles. The smallest absolute Gasteiger partial charge is 0.200 e. The number of carbonyl (C=O) groups excluding carboxylic acids is 1. The summed E-state index contributed by atoms with van der Waals surface area (Å²) < 4.78 is 5.51. The maximum absolute atomic E-state index is 11.9. The number of benzene rings is 2. The van der Waals surface area contributed by atoms with Crippen molar-refractivity contribution in [2.45, 2.75) is 13.8 Å². The molecule has 0 aliphatic rings. The first-order chi connectivity index (χ1) is 9.06. The molecule has 2 aromatic rings. The summed E-state index contributed by atoms with van der Waals surface area (Å²) in [5.41, 5.74) is 2.91. The van der Waals surface area contributed by atoms with Crippen molar-refractivity contribution in [3.8, 4) is 5.75 Å². The van der Waals surface area contributed by atoms with Gasteiger partial charge in [-0.1, -0.05) is 29.8 Å². The van der Waals surface area contributed by atoms with Crippen LogP contribution in [0.1, 0.15) is 21.5 Å². The largest absolute Gasteiger partial charge is 0.485 e. The Morgan fingerprint density at radius 3 is 2.58 bits per heavy atom. The molecule has 0 N–H and O–H groups in total. The maximum Gasteiger partial charge on any atom is 0.200 e. The van der Waals surface area contributed by atoms with Crippen LogP contribution in [0.2, 0.25) is 5.02 Å². The molecule has 0 aromatic heterocycles. The fourth-order valence-corrected chi connectivity index (χ4v) is 1.89. The van der Waals surface area contributed by atoms with Crippen molar-refractivity contribution in [2.75, 3.05) is 6.61 Å². The molecule has 0 bridgehead atoms. The molecule has 0 aliphatic carbocycles. The Bertz CT molecular complexity index is 605. The molecule has 0 aliphatic heterocycles. The Morgan fingerprint density at radius 1 is 1.11 bits per heavy atom. The number of Topliss-reactive ketones (excluding diaryl/α,β-unsaturated/α-hetero) is 1. The molecular weight excluding hydrogens is 260 g/mol. The Kier molecular flexibility index (Phi) is 4.23. The first kappa shape index (κ1) is 13.6. The Balaban J connectivity index is 2.02. The lowest BCUT2D eigenvalue weighted by Gasteiger charge is -2.08. The molecule has 0 heterocycles. The number of ether oxygens (including phenoxy) is 1. The topological polar surface area (TPSA) is 26.3 Å². The minimum absolute atomic E-state index is 0.0167. The van der Waals surface area contributed by atoms with E-state index in [0.29, 0.717) is 16.3 Å². The highest BCUT2D eigenvalue weighted by Crippen LogP contribution is 2.17. The number of aryl methyl sites for hydroxylation is 2. The van der Waals surface area contributed by atoms with Crippen molar-refractivity contribution in [3.05, 3.63) is 64.2 Å². The Labute approximate surface area is 118 Å². The third kappa shape index (κ3) is 3.58. The van der Waals surface area contributed by atoms with E-state index in [0.717, 1.165) is 5.56 Å². The van der Waals surface area contributed by atoms with Crippen LogP contribution in [-0.2, 0) is 0 Å². The highest BCUT2D eigenvalue weighted by Gasteiger charge is 2.07. The molecular formula is C16H15ClO2. The molecule has 3 heteroatoms. The van der Waals surface area contributed by atoms with Crippen LogP contribution in [0, 0.1) is 13.8 Å². The SMILES string of the molecule is Cc1ccc(OCC(=O)c2cccc(Cl)c2)cc1C. The van der Waals surface area contributed by atoms with Crippen molar-refractivity contribution >= 4 is 17.4 Å². The highest BCUT2D eigenvalue weighted by atomic mass is 35.5. The molecule has 0 fully saturated rings. The van der Waals surface area contributed by atoms with E-state index < -0.39 is 0 Å². The molecule has 0 unspecified atom stereocenters. The molecule has 0 radical (unpaired) electrons. The summed E-state index contributed by atoms with van der Waals surface area (Å²) >= 11 is 5.85. The summed E-state index contributed by atoms with van der Waals surface area (Å²) in [5.74, 6) is 0.624. The van der Waals surface area contributed by atoms with Gasteiger partial charge < -0.3 is 4.74 Å². The van der Waals surface area contributed by atoms with Crippen LogP contribution >= 0.6 is 11.6 Å². The van der Waals surface area contributed by atoms with E-state index in [1.807, 2.05) is 32.0 Å². The molecule has 19 heavy (non-hydrogen) atoms. The fourth-order valence-electron chi connectivity index (χ4n) is 1.70. The van der Waals surface area contributed by atoms with Crippen molar-refractivity contribution < 1.29 is 9.53 Å². The monoisotopic (exact) mass is 274 g/mol. The third-order valence-corrected chi connectivity index (χ3v) is 3.23. The standard InChI is InChI=1S/C16H15ClO2/c1-11-6-7-15(8-12(11)2)19-10-16(18)13-4-3-5-14(17)9-13/h3-9H,10H2,1-2H3. The summed E-state index contributed by atoms with van der Waals surface area (Å²) in [6, 6.07) is 12.7. The predicted octanol–water partition coefficient (Wildman–Crippen LogP) is 4.22. The van der Waals surface area contributed by atoms with Gasteiger partial charge in [-0.25, -0.2) is 0 Å². The van der Waals surface area contributed by atoms with Gasteiger partial charge >= 0.3 is 0 Å². The van der Waals surface area contributed by atoms with Gasteiger partial charge in [0.25, 0.3) is 0 Å². The van der Waals surface area contributed by atoms with Gasteiger partial charge in [0.1, 0.15) is 5.75 Å². The summed E-state index contributed by atoms with van der Waals surface area (Å²) in [4.78, 5) is 11.9. The molecule has 98 valence electrons. The van der Waals surface area contributed by atoms with Crippen LogP contribution < -0.4 is 4.74 Å². The van der Waals surface area contributed by atoms with Crippen LogP contribution in [0.5, 0.6) is 5.75 Å². The van der Waals surface area contributed by atoms with E-state index in [1.165, 1.54) is 5.56 Å². The minimum atomic E-state index is -0.0827. The predicted molar refractivity (Wildman–Crippen MR) is 77.2 cm³/mol. The zero-order valence-electron chi connectivity index (χ0n) is 10.9. The molecule has 0 saturated carbocycles. The van der Waals surface area contributed by atoms with Gasteiger partial charge in [0.05, 0.1) is 0 Å². The van der Waals surface area contributed by atoms with Crippen molar-refractivity contribution in [1.82, 2.24) is 0 Å².